The molecule has 0 fully saturated rings. The van der Waals surface area contributed by atoms with E-state index in [1.807, 2.05) is 0 Å². The van der Waals surface area contributed by atoms with Crippen LogP contribution in [0.3, 0.4) is 0 Å². The highest BCUT2D eigenvalue weighted by Gasteiger charge is 2.07. The molecule has 0 bridgehead atoms. The summed E-state index contributed by atoms with van der Waals surface area (Å²) in [5.41, 5.74) is 0.800. The van der Waals surface area contributed by atoms with Gasteiger partial charge >= 0.3 is 0 Å². The van der Waals surface area contributed by atoms with Gasteiger partial charge in [0.05, 0.1) is 10.7 Å². The molecule has 1 aromatic rings. The van der Waals surface area contributed by atoms with E-state index in [-0.39, 0.29) is 0 Å². The van der Waals surface area contributed by atoms with E-state index in [9.17, 15) is 0 Å². The first-order valence-electron chi connectivity index (χ1n) is 3.37. The fourth-order valence-electron chi connectivity index (χ4n) is 0.691. The fraction of sp³-hybridized carbons (Fsp3) is 0.286. The highest BCUT2D eigenvalue weighted by molar-refractivity contribution is 7.11. The van der Waals surface area contributed by atoms with Crippen LogP contribution in [0.5, 0.6) is 0 Å². The minimum Gasteiger partial charge on any atom is -0.308 e. The second-order valence-electron chi connectivity index (χ2n) is 2.14. The zero-order valence-corrected chi connectivity index (χ0v) is 8.64. The predicted octanol–water partition coefficient (Wildman–Crippen LogP) is 2.73. The maximum Gasteiger partial charge on any atom is 0.132 e. The van der Waals surface area contributed by atoms with Crippen molar-refractivity contribution in [2.24, 2.45) is 0 Å². The van der Waals surface area contributed by atoms with Crippen LogP contribution in [0.15, 0.2) is 12.7 Å². The van der Waals surface area contributed by atoms with Crippen LogP contribution in [0.2, 0.25) is 9.36 Å². The van der Waals surface area contributed by atoms with Gasteiger partial charge in [0.2, 0.25) is 0 Å². The minimum atomic E-state index is 0.548. The van der Waals surface area contributed by atoms with Crippen LogP contribution in [-0.2, 0) is 6.54 Å². The molecule has 0 aromatic carbocycles. The van der Waals surface area contributed by atoms with E-state index >= 15 is 0 Å². The lowest BCUT2D eigenvalue weighted by atomic mass is 10.4. The highest BCUT2D eigenvalue weighted by Crippen LogP contribution is 2.29. The zero-order valence-electron chi connectivity index (χ0n) is 6.31. The molecule has 0 saturated carbocycles. The SMILES string of the molecule is C=CCNCc1nsc(Cl)c1Cl. The molecule has 0 radical (unpaired) electrons. The van der Waals surface area contributed by atoms with Crippen LogP contribution in [0.4, 0.5) is 0 Å². The molecule has 0 aliphatic carbocycles. The van der Waals surface area contributed by atoms with Gasteiger partial charge in [-0.2, -0.15) is 4.37 Å². The third-order valence-electron chi connectivity index (χ3n) is 1.24. The summed E-state index contributed by atoms with van der Waals surface area (Å²) in [5, 5.41) is 3.64. The molecule has 0 aliphatic rings. The summed E-state index contributed by atoms with van der Waals surface area (Å²) in [5.74, 6) is 0. The third-order valence-corrected chi connectivity index (χ3v) is 2.93. The molecule has 2 nitrogen and oxygen atoms in total. The number of aromatic nitrogens is 1. The summed E-state index contributed by atoms with van der Waals surface area (Å²) in [7, 11) is 0. The zero-order chi connectivity index (χ0) is 8.97. The van der Waals surface area contributed by atoms with E-state index < -0.39 is 0 Å². The van der Waals surface area contributed by atoms with Gasteiger partial charge in [0.25, 0.3) is 0 Å². The third kappa shape index (κ3) is 2.45. The van der Waals surface area contributed by atoms with Crippen LogP contribution < -0.4 is 5.32 Å². The molecule has 1 N–H and O–H groups in total. The van der Waals surface area contributed by atoms with E-state index in [2.05, 4.69) is 16.3 Å². The number of hydrogen-bond acceptors (Lipinski definition) is 3. The molecule has 0 aliphatic heterocycles. The largest absolute Gasteiger partial charge is 0.308 e. The lowest BCUT2D eigenvalue weighted by Gasteiger charge is -1.97. The van der Waals surface area contributed by atoms with E-state index in [4.69, 9.17) is 23.2 Å². The van der Waals surface area contributed by atoms with E-state index in [1.54, 1.807) is 6.08 Å². The lowest BCUT2D eigenvalue weighted by molar-refractivity contribution is 0.749. The highest BCUT2D eigenvalue weighted by atomic mass is 35.5. The Morgan fingerprint density at radius 1 is 1.58 bits per heavy atom. The number of nitrogens with one attached hydrogen (secondary N) is 1. The van der Waals surface area contributed by atoms with Crippen molar-refractivity contribution in [1.29, 1.82) is 0 Å². The molecule has 66 valence electrons. The molecule has 0 amide bonds. The van der Waals surface area contributed by atoms with Crippen LogP contribution in [0, 0.1) is 0 Å². The van der Waals surface area contributed by atoms with Gasteiger partial charge in [0.1, 0.15) is 4.34 Å². The van der Waals surface area contributed by atoms with Crippen molar-refractivity contribution < 1.29 is 0 Å². The van der Waals surface area contributed by atoms with Crippen molar-refractivity contribution in [3.63, 3.8) is 0 Å². The summed E-state index contributed by atoms with van der Waals surface area (Å²) >= 11 is 12.8. The van der Waals surface area contributed by atoms with Gasteiger partial charge in [-0.3, -0.25) is 0 Å². The Bertz CT molecular complexity index is 272. The van der Waals surface area contributed by atoms with Gasteiger partial charge in [-0.05, 0) is 11.5 Å². The van der Waals surface area contributed by atoms with Crippen molar-refractivity contribution in [2.45, 2.75) is 6.54 Å². The Kier molecular flexibility index (Phi) is 4.01. The molecule has 0 spiro atoms. The first kappa shape index (κ1) is 9.99. The van der Waals surface area contributed by atoms with Gasteiger partial charge in [-0.25, -0.2) is 0 Å². The smallest absolute Gasteiger partial charge is 0.132 e. The van der Waals surface area contributed by atoms with Crippen LogP contribution >= 0.6 is 34.7 Å². The van der Waals surface area contributed by atoms with Crippen molar-refractivity contribution in [3.05, 3.63) is 27.7 Å². The van der Waals surface area contributed by atoms with Gasteiger partial charge in [0, 0.05) is 13.1 Å². The van der Waals surface area contributed by atoms with Crippen molar-refractivity contribution >= 4 is 34.7 Å². The molecule has 0 unspecified atom stereocenters. The quantitative estimate of drug-likeness (QED) is 0.627. The molecule has 0 atom stereocenters. The topological polar surface area (TPSA) is 24.9 Å². The Morgan fingerprint density at radius 2 is 2.33 bits per heavy atom. The number of halogens is 2. The first-order valence-corrected chi connectivity index (χ1v) is 4.89. The van der Waals surface area contributed by atoms with Crippen molar-refractivity contribution in [1.82, 2.24) is 9.69 Å². The molecule has 1 heterocycles. The second-order valence-corrected chi connectivity index (χ2v) is 3.89. The van der Waals surface area contributed by atoms with Crippen molar-refractivity contribution in [2.75, 3.05) is 6.54 Å². The molecule has 1 aromatic heterocycles. The van der Waals surface area contributed by atoms with Crippen molar-refractivity contribution in [3.8, 4) is 0 Å². The Morgan fingerprint density at radius 3 is 2.83 bits per heavy atom. The average molecular weight is 223 g/mol. The summed E-state index contributed by atoms with van der Waals surface area (Å²) in [6.07, 6.45) is 1.78. The number of rotatable bonds is 4. The monoisotopic (exact) mass is 222 g/mol. The average Bonchev–Trinajstić information content (AvgIpc) is 2.36. The molecular formula is C7H8Cl2N2S. The molecule has 5 heteroatoms. The van der Waals surface area contributed by atoms with Gasteiger partial charge < -0.3 is 5.32 Å². The fourth-order valence-corrected chi connectivity index (χ4v) is 1.71. The van der Waals surface area contributed by atoms with Crippen LogP contribution in [-0.4, -0.2) is 10.9 Å². The predicted molar refractivity (Wildman–Crippen MR) is 54.0 cm³/mol. The van der Waals surface area contributed by atoms with E-state index in [0.29, 0.717) is 15.9 Å². The van der Waals surface area contributed by atoms with E-state index in [0.717, 1.165) is 12.2 Å². The Hall–Kier alpha value is -0.0900. The number of nitrogens with zero attached hydrogens (tertiary/aromatic N) is 1. The lowest BCUT2D eigenvalue weighted by Crippen LogP contribution is -2.12. The molecule has 0 saturated heterocycles. The normalized spacial score (nSPS) is 10.2. The maximum absolute atomic E-state index is 5.84. The summed E-state index contributed by atoms with van der Waals surface area (Å²) in [4.78, 5) is 0. The van der Waals surface area contributed by atoms with Gasteiger partial charge in [-0.15, -0.1) is 6.58 Å². The summed E-state index contributed by atoms with van der Waals surface area (Å²) in [6.45, 7) is 4.95. The second kappa shape index (κ2) is 4.82. The molecule has 1 rings (SSSR count). The standard InChI is InChI=1S/C7H8Cl2N2S/c1-2-3-10-4-5-6(8)7(9)12-11-5/h2,10H,1,3-4H2. The van der Waals surface area contributed by atoms with Crippen LogP contribution in [0.25, 0.3) is 0 Å². The minimum absolute atomic E-state index is 0.548. The molecular weight excluding hydrogens is 215 g/mol. The van der Waals surface area contributed by atoms with Gasteiger partial charge in [-0.1, -0.05) is 29.3 Å². The van der Waals surface area contributed by atoms with Crippen LogP contribution in [0.1, 0.15) is 5.69 Å². The summed E-state index contributed by atoms with van der Waals surface area (Å²) < 4.78 is 4.62. The Labute approximate surface area is 85.4 Å². The maximum atomic E-state index is 5.84. The van der Waals surface area contributed by atoms with Gasteiger partial charge in [0.15, 0.2) is 0 Å². The van der Waals surface area contributed by atoms with E-state index in [1.165, 1.54) is 11.5 Å². The Balaban J connectivity index is 2.51. The molecule has 12 heavy (non-hydrogen) atoms. The number of hydrogen-bond donors (Lipinski definition) is 1. The first-order chi connectivity index (χ1) is 5.75. The summed E-state index contributed by atoms with van der Waals surface area (Å²) in [6, 6.07) is 0.